The summed E-state index contributed by atoms with van der Waals surface area (Å²) in [5, 5.41) is 26.2. The van der Waals surface area contributed by atoms with E-state index < -0.39 is 17.3 Å². The third-order valence-electron chi connectivity index (χ3n) is 3.14. The first-order valence-electron chi connectivity index (χ1n) is 7.02. The number of nitriles is 1. The molecule has 2 rings (SSSR count). The van der Waals surface area contributed by atoms with E-state index in [1.165, 1.54) is 24.3 Å². The van der Waals surface area contributed by atoms with Gasteiger partial charge in [-0.25, -0.2) is 13.1 Å². The molecule has 24 heavy (non-hydrogen) atoms. The van der Waals surface area contributed by atoms with E-state index in [-0.39, 0.29) is 17.0 Å². The Morgan fingerprint density at radius 1 is 1.17 bits per heavy atom. The van der Waals surface area contributed by atoms with Gasteiger partial charge in [-0.1, -0.05) is 18.2 Å². The highest BCUT2D eigenvalue weighted by atomic mass is 32.2. The molecule has 0 amide bonds. The maximum atomic E-state index is 12.2. The van der Waals surface area contributed by atoms with E-state index in [2.05, 4.69) is 9.38 Å². The summed E-state index contributed by atoms with van der Waals surface area (Å²) in [6, 6.07) is 14.2. The molecule has 0 atom stereocenters. The molecule has 0 aromatic heterocycles. The second kappa shape index (κ2) is 7.94. The van der Waals surface area contributed by atoms with E-state index in [1.807, 2.05) is 6.07 Å². The van der Waals surface area contributed by atoms with Crippen molar-refractivity contribution in [3.8, 4) is 11.8 Å². The van der Waals surface area contributed by atoms with Crippen LogP contribution >= 0.6 is 0 Å². The van der Waals surface area contributed by atoms with Crippen molar-refractivity contribution in [1.29, 1.82) is 5.26 Å². The second-order valence-corrected chi connectivity index (χ2v) is 6.64. The van der Waals surface area contributed by atoms with Gasteiger partial charge in [-0.15, -0.1) is 0 Å². The Hall–Kier alpha value is -2.38. The van der Waals surface area contributed by atoms with Crippen LogP contribution in [0.5, 0.6) is 5.75 Å². The van der Waals surface area contributed by atoms with E-state index >= 15 is 0 Å². The molecule has 0 aliphatic carbocycles. The molecule has 3 N–H and O–H groups in total. The summed E-state index contributed by atoms with van der Waals surface area (Å²) in [6.07, 6.45) is 0.444. The molecule has 0 aliphatic rings. The van der Waals surface area contributed by atoms with Crippen LogP contribution in [0, 0.1) is 11.3 Å². The van der Waals surface area contributed by atoms with Crippen LogP contribution in [0.1, 0.15) is 11.1 Å². The number of sulfonamides is 1. The highest BCUT2D eigenvalue weighted by Crippen LogP contribution is 2.13. The van der Waals surface area contributed by atoms with E-state index in [0.29, 0.717) is 12.2 Å². The summed E-state index contributed by atoms with van der Waals surface area (Å²) in [5.41, 5.74) is 1.13. The molecule has 2 aromatic rings. The van der Waals surface area contributed by atoms with Gasteiger partial charge in [0.1, 0.15) is 5.75 Å². The monoisotopic (exact) mass is 346 g/mol. The normalized spacial score (nSPS) is 10.9. The van der Waals surface area contributed by atoms with E-state index in [4.69, 9.17) is 15.3 Å². The Morgan fingerprint density at radius 2 is 1.88 bits per heavy atom. The van der Waals surface area contributed by atoms with Crippen molar-refractivity contribution < 1.29 is 23.1 Å². The molecule has 2 aromatic carbocycles. The Kier molecular flexibility index (Phi) is 5.95. The number of nitrogens with zero attached hydrogens (tertiary/aromatic N) is 1. The molecule has 7 nitrogen and oxygen atoms in total. The van der Waals surface area contributed by atoms with Crippen LogP contribution in [0.2, 0.25) is 0 Å². The van der Waals surface area contributed by atoms with Gasteiger partial charge in [-0.2, -0.15) is 5.26 Å². The fourth-order valence-corrected chi connectivity index (χ4v) is 3.08. The van der Waals surface area contributed by atoms with Gasteiger partial charge in [-0.3, -0.25) is 0 Å². The first-order valence-corrected chi connectivity index (χ1v) is 8.50. The molecule has 0 aliphatic heterocycles. The molecule has 0 unspecified atom stereocenters. The lowest BCUT2D eigenvalue weighted by Crippen LogP contribution is -2.26. The molecule has 0 heterocycles. The zero-order valence-corrected chi connectivity index (χ0v) is 13.4. The Bertz CT molecular complexity index is 832. The van der Waals surface area contributed by atoms with Crippen molar-refractivity contribution in [1.82, 2.24) is 4.72 Å². The van der Waals surface area contributed by atoms with Crippen LogP contribution in [0.3, 0.4) is 0 Å². The van der Waals surface area contributed by atoms with Gasteiger partial charge >= 0.3 is 7.32 Å². The second-order valence-electron chi connectivity index (χ2n) is 4.88. The maximum Gasteiger partial charge on any atom is 0.707 e. The van der Waals surface area contributed by atoms with Gasteiger partial charge in [0.25, 0.3) is 0 Å². The Balaban J connectivity index is 1.94. The van der Waals surface area contributed by atoms with Crippen LogP contribution in [-0.4, -0.2) is 32.3 Å². The van der Waals surface area contributed by atoms with Crippen molar-refractivity contribution in [2.75, 3.05) is 6.54 Å². The third kappa shape index (κ3) is 5.08. The van der Waals surface area contributed by atoms with E-state index in [1.54, 1.807) is 24.3 Å². The number of benzene rings is 2. The highest BCUT2D eigenvalue weighted by molar-refractivity contribution is 7.89. The van der Waals surface area contributed by atoms with Crippen LogP contribution in [-0.2, 0) is 16.4 Å². The van der Waals surface area contributed by atoms with Gasteiger partial charge in [0.15, 0.2) is 0 Å². The van der Waals surface area contributed by atoms with Crippen LogP contribution in [0.25, 0.3) is 0 Å². The molecule has 9 heteroatoms. The summed E-state index contributed by atoms with van der Waals surface area (Å²) in [5.74, 6) is 0.294. The molecule has 0 spiro atoms. The van der Waals surface area contributed by atoms with Crippen molar-refractivity contribution >= 4 is 17.3 Å². The number of rotatable bonds is 7. The quantitative estimate of drug-likeness (QED) is 0.626. The summed E-state index contributed by atoms with van der Waals surface area (Å²) in [6.45, 7) is 0.182. The number of hydrogen-bond acceptors (Lipinski definition) is 6. The van der Waals surface area contributed by atoms with E-state index in [9.17, 15) is 8.42 Å². The Labute approximate surface area is 140 Å². The predicted octanol–water partition coefficient (Wildman–Crippen LogP) is 0.428. The molecule has 0 radical (unpaired) electrons. The smallest absolute Gasteiger partial charge is 0.512 e. The van der Waals surface area contributed by atoms with Gasteiger partial charge < -0.3 is 14.7 Å². The van der Waals surface area contributed by atoms with Gasteiger partial charge in [0.05, 0.1) is 16.5 Å². The van der Waals surface area contributed by atoms with Crippen molar-refractivity contribution in [2.45, 2.75) is 11.3 Å². The fraction of sp³-hybridized carbons (Fsp3) is 0.133. The molecule has 0 saturated heterocycles. The minimum Gasteiger partial charge on any atom is -0.512 e. The molecule has 0 bridgehead atoms. The van der Waals surface area contributed by atoms with Gasteiger partial charge in [0.2, 0.25) is 10.0 Å². The lowest BCUT2D eigenvalue weighted by Gasteiger charge is -2.08. The molecule has 0 fully saturated rings. The Morgan fingerprint density at radius 3 is 2.50 bits per heavy atom. The van der Waals surface area contributed by atoms with E-state index in [0.717, 1.165) is 5.56 Å². The zero-order valence-electron chi connectivity index (χ0n) is 12.6. The lowest BCUT2D eigenvalue weighted by atomic mass is 10.1. The predicted molar refractivity (Wildman–Crippen MR) is 87.3 cm³/mol. The summed E-state index contributed by atoms with van der Waals surface area (Å²) in [4.78, 5) is 0.0437. The standard InChI is InChI=1S/C15H15BN2O5S/c17-11-13-2-1-3-15(10-13)24(21,22)18-9-8-12-4-6-14(7-5-12)23-16(19)20/h1-7,10,18-20H,8-9H2. The topological polar surface area (TPSA) is 120 Å². The zero-order chi connectivity index (χ0) is 17.6. The lowest BCUT2D eigenvalue weighted by molar-refractivity contribution is 0.288. The molecular formula is C15H15BN2O5S. The first-order chi connectivity index (χ1) is 11.4. The number of hydrogen-bond donors (Lipinski definition) is 3. The van der Waals surface area contributed by atoms with Crippen LogP contribution < -0.4 is 9.38 Å². The molecular weight excluding hydrogens is 331 g/mol. The third-order valence-corrected chi connectivity index (χ3v) is 4.60. The maximum absolute atomic E-state index is 12.2. The minimum absolute atomic E-state index is 0.0437. The van der Waals surface area contributed by atoms with Crippen molar-refractivity contribution in [3.05, 3.63) is 59.7 Å². The SMILES string of the molecule is N#Cc1cccc(S(=O)(=O)NCCc2ccc(OB(O)O)cc2)c1. The molecule has 0 saturated carbocycles. The largest absolute Gasteiger partial charge is 0.707 e. The summed E-state index contributed by atoms with van der Waals surface area (Å²) >= 11 is 0. The summed E-state index contributed by atoms with van der Waals surface area (Å²) < 4.78 is 31.5. The first kappa shape index (κ1) is 18.0. The minimum atomic E-state index is -3.68. The average molecular weight is 346 g/mol. The summed E-state index contributed by atoms with van der Waals surface area (Å²) in [7, 11) is -5.56. The average Bonchev–Trinajstić information content (AvgIpc) is 2.56. The van der Waals surface area contributed by atoms with Crippen molar-refractivity contribution in [3.63, 3.8) is 0 Å². The highest BCUT2D eigenvalue weighted by Gasteiger charge is 2.14. The molecule has 124 valence electrons. The fourth-order valence-electron chi connectivity index (χ4n) is 2.00. The van der Waals surface area contributed by atoms with Crippen LogP contribution in [0.4, 0.5) is 0 Å². The van der Waals surface area contributed by atoms with Crippen molar-refractivity contribution in [2.24, 2.45) is 0 Å². The van der Waals surface area contributed by atoms with Gasteiger partial charge in [-0.05, 0) is 42.3 Å². The van der Waals surface area contributed by atoms with Gasteiger partial charge in [0, 0.05) is 6.54 Å². The number of nitrogens with one attached hydrogen (secondary N) is 1. The van der Waals surface area contributed by atoms with Crippen LogP contribution in [0.15, 0.2) is 53.4 Å².